The van der Waals surface area contributed by atoms with Crippen molar-refractivity contribution < 1.29 is 0 Å². The Kier molecular flexibility index (Phi) is 20.0. The van der Waals surface area contributed by atoms with E-state index in [1.165, 1.54) is 114 Å². The van der Waals surface area contributed by atoms with Gasteiger partial charge in [0.25, 0.3) is 0 Å². The molecule has 0 unspecified atom stereocenters. The van der Waals surface area contributed by atoms with E-state index in [0.29, 0.717) is 0 Å². The summed E-state index contributed by atoms with van der Waals surface area (Å²) in [6.45, 7) is 4.56. The number of nitrogens with zero attached hydrogens (tertiary/aromatic N) is 2. The summed E-state index contributed by atoms with van der Waals surface area (Å²) in [4.78, 5) is 9.38. The molecule has 0 bridgehead atoms. The first-order chi connectivity index (χ1) is 19.3. The average molecular weight is 531 g/mol. The molecule has 0 saturated carbocycles. The molecule has 216 valence electrons. The standard InChI is InChI=1S/C37H58N2/c1-3-5-7-9-11-13-15-17-19-31-38-36-29-27-34(28-30-36)23-21-24-35-25-22-26-37(33-35)39-32-20-18-16-14-12-10-8-6-4-2/h22,25-33H,3-21,23-24H2,1-2H3/b38-31+,39-32-. The molecule has 0 aliphatic heterocycles. The van der Waals surface area contributed by atoms with Crippen LogP contribution in [-0.2, 0) is 12.8 Å². The van der Waals surface area contributed by atoms with Crippen LogP contribution in [0.3, 0.4) is 0 Å². The van der Waals surface area contributed by atoms with Crippen LogP contribution >= 0.6 is 0 Å². The van der Waals surface area contributed by atoms with Gasteiger partial charge in [-0.25, -0.2) is 0 Å². The lowest BCUT2D eigenvalue weighted by Crippen LogP contribution is -1.90. The lowest BCUT2D eigenvalue weighted by atomic mass is 10.0. The minimum Gasteiger partial charge on any atom is -0.261 e. The summed E-state index contributed by atoms with van der Waals surface area (Å²) in [7, 11) is 0. The van der Waals surface area contributed by atoms with Crippen LogP contribution in [0.5, 0.6) is 0 Å². The molecule has 2 aromatic carbocycles. The van der Waals surface area contributed by atoms with Crippen LogP contribution in [0, 0.1) is 0 Å². The molecule has 0 amide bonds. The van der Waals surface area contributed by atoms with Crippen molar-refractivity contribution in [1.82, 2.24) is 0 Å². The molecule has 0 saturated heterocycles. The molecular weight excluding hydrogens is 472 g/mol. The van der Waals surface area contributed by atoms with Gasteiger partial charge >= 0.3 is 0 Å². The highest BCUT2D eigenvalue weighted by atomic mass is 14.7. The van der Waals surface area contributed by atoms with Crippen molar-refractivity contribution in [3.05, 3.63) is 59.7 Å². The minimum atomic E-state index is 1.08. The molecule has 0 fully saturated rings. The van der Waals surface area contributed by atoms with Gasteiger partial charge in [0.15, 0.2) is 0 Å². The maximum absolute atomic E-state index is 4.72. The van der Waals surface area contributed by atoms with Gasteiger partial charge in [-0.1, -0.05) is 128 Å². The van der Waals surface area contributed by atoms with E-state index < -0.39 is 0 Å². The predicted octanol–water partition coefficient (Wildman–Crippen LogP) is 12.3. The Morgan fingerprint density at radius 3 is 1.51 bits per heavy atom. The molecule has 0 heterocycles. The van der Waals surface area contributed by atoms with Gasteiger partial charge in [-0.05, 0) is 80.3 Å². The minimum absolute atomic E-state index is 1.08. The van der Waals surface area contributed by atoms with E-state index in [9.17, 15) is 0 Å². The molecule has 2 aromatic rings. The summed E-state index contributed by atoms with van der Waals surface area (Å²) in [5.74, 6) is 0. The second-order valence-electron chi connectivity index (χ2n) is 11.3. The summed E-state index contributed by atoms with van der Waals surface area (Å²) in [5.41, 5.74) is 4.97. The zero-order valence-electron chi connectivity index (χ0n) is 25.5. The van der Waals surface area contributed by atoms with Crippen molar-refractivity contribution in [2.75, 3.05) is 0 Å². The van der Waals surface area contributed by atoms with E-state index in [1.54, 1.807) is 0 Å². The van der Waals surface area contributed by atoms with Crippen molar-refractivity contribution in [3.63, 3.8) is 0 Å². The van der Waals surface area contributed by atoms with E-state index >= 15 is 0 Å². The number of hydrogen-bond donors (Lipinski definition) is 0. The largest absolute Gasteiger partial charge is 0.261 e. The summed E-state index contributed by atoms with van der Waals surface area (Å²) >= 11 is 0. The average Bonchev–Trinajstić information content (AvgIpc) is 2.96. The molecule has 0 spiro atoms. The number of hydrogen-bond acceptors (Lipinski definition) is 2. The van der Waals surface area contributed by atoms with E-state index in [1.807, 2.05) is 0 Å². The smallest absolute Gasteiger partial charge is 0.0628 e. The lowest BCUT2D eigenvalue weighted by Gasteiger charge is -2.04. The van der Waals surface area contributed by atoms with Crippen LogP contribution in [0.25, 0.3) is 0 Å². The third kappa shape index (κ3) is 17.9. The topological polar surface area (TPSA) is 24.7 Å². The fourth-order valence-electron chi connectivity index (χ4n) is 5.12. The Morgan fingerprint density at radius 1 is 0.462 bits per heavy atom. The first-order valence-corrected chi connectivity index (χ1v) is 16.5. The van der Waals surface area contributed by atoms with Crippen molar-refractivity contribution in [2.45, 2.75) is 149 Å². The number of rotatable bonds is 24. The molecule has 2 nitrogen and oxygen atoms in total. The Bertz CT molecular complexity index is 881. The number of aryl methyl sites for hydroxylation is 2. The number of unbranched alkanes of at least 4 members (excludes halogenated alkanes) is 16. The van der Waals surface area contributed by atoms with Gasteiger partial charge < -0.3 is 0 Å². The Morgan fingerprint density at radius 2 is 0.949 bits per heavy atom. The molecule has 0 N–H and O–H groups in total. The monoisotopic (exact) mass is 530 g/mol. The van der Waals surface area contributed by atoms with E-state index in [4.69, 9.17) is 4.99 Å². The highest BCUT2D eigenvalue weighted by Gasteiger charge is 1.99. The summed E-state index contributed by atoms with van der Waals surface area (Å²) < 4.78 is 0. The van der Waals surface area contributed by atoms with Gasteiger partial charge in [0.1, 0.15) is 0 Å². The molecule has 0 aliphatic rings. The zero-order valence-corrected chi connectivity index (χ0v) is 25.5. The number of aliphatic imine (C=N–C) groups is 2. The Hall–Kier alpha value is -2.22. The molecule has 2 heteroatoms. The molecule has 0 aromatic heterocycles. The lowest BCUT2D eigenvalue weighted by molar-refractivity contribution is 0.581. The van der Waals surface area contributed by atoms with Crippen molar-refractivity contribution in [3.8, 4) is 0 Å². The van der Waals surface area contributed by atoms with Crippen molar-refractivity contribution in [1.29, 1.82) is 0 Å². The predicted molar refractivity (Wildman–Crippen MR) is 176 cm³/mol. The van der Waals surface area contributed by atoms with Gasteiger partial charge in [0, 0.05) is 12.4 Å². The maximum atomic E-state index is 4.72. The van der Waals surface area contributed by atoms with E-state index in [-0.39, 0.29) is 0 Å². The zero-order chi connectivity index (χ0) is 27.6. The highest BCUT2D eigenvalue weighted by Crippen LogP contribution is 2.18. The second kappa shape index (κ2) is 23.6. The maximum Gasteiger partial charge on any atom is 0.0628 e. The fraction of sp³-hybridized carbons (Fsp3) is 0.622. The van der Waals surface area contributed by atoms with Gasteiger partial charge in [-0.3, -0.25) is 9.98 Å². The van der Waals surface area contributed by atoms with Gasteiger partial charge in [0.05, 0.1) is 11.4 Å². The van der Waals surface area contributed by atoms with Crippen molar-refractivity contribution in [2.24, 2.45) is 9.98 Å². The second-order valence-corrected chi connectivity index (χ2v) is 11.3. The van der Waals surface area contributed by atoms with Gasteiger partial charge in [-0.2, -0.15) is 0 Å². The van der Waals surface area contributed by atoms with Gasteiger partial charge in [-0.15, -0.1) is 0 Å². The van der Waals surface area contributed by atoms with Gasteiger partial charge in [0.2, 0.25) is 0 Å². The van der Waals surface area contributed by atoms with Crippen LogP contribution in [-0.4, -0.2) is 12.4 Å². The Labute approximate surface area is 241 Å². The molecule has 0 aliphatic carbocycles. The van der Waals surface area contributed by atoms with Crippen LogP contribution in [0.1, 0.15) is 147 Å². The van der Waals surface area contributed by atoms with Crippen LogP contribution in [0.2, 0.25) is 0 Å². The number of benzene rings is 2. The first-order valence-electron chi connectivity index (χ1n) is 16.5. The SMILES string of the molecule is CCCCCCCCCC/C=N\c1cccc(CCCc2ccc(/N=C/CCCCCCCCCC)cc2)c1. The first kappa shape index (κ1) is 33.0. The molecule has 39 heavy (non-hydrogen) atoms. The van der Waals surface area contributed by atoms with E-state index in [0.717, 1.165) is 43.5 Å². The third-order valence-corrected chi connectivity index (χ3v) is 7.63. The fourth-order valence-corrected chi connectivity index (χ4v) is 5.12. The third-order valence-electron chi connectivity index (χ3n) is 7.63. The molecule has 0 radical (unpaired) electrons. The Balaban J connectivity index is 1.56. The quantitative estimate of drug-likeness (QED) is 0.0952. The molecule has 2 rings (SSSR count). The van der Waals surface area contributed by atoms with Crippen LogP contribution in [0.4, 0.5) is 11.4 Å². The van der Waals surface area contributed by atoms with Crippen LogP contribution < -0.4 is 0 Å². The summed E-state index contributed by atoms with van der Waals surface area (Å²) in [6.07, 6.45) is 31.7. The van der Waals surface area contributed by atoms with Crippen LogP contribution in [0.15, 0.2) is 58.5 Å². The normalized spacial score (nSPS) is 11.7. The molecule has 0 atom stereocenters. The molecular formula is C37H58N2. The summed E-state index contributed by atoms with van der Waals surface area (Å²) in [5, 5.41) is 0. The van der Waals surface area contributed by atoms with E-state index in [2.05, 4.69) is 79.8 Å². The highest BCUT2D eigenvalue weighted by molar-refractivity contribution is 5.63. The van der Waals surface area contributed by atoms with Crippen molar-refractivity contribution >= 4 is 23.8 Å². The summed E-state index contributed by atoms with van der Waals surface area (Å²) in [6, 6.07) is 17.6.